The first kappa shape index (κ1) is 17.8. The zero-order valence-electron chi connectivity index (χ0n) is 11.5. The summed E-state index contributed by atoms with van der Waals surface area (Å²) in [7, 11) is 0. The summed E-state index contributed by atoms with van der Waals surface area (Å²) >= 11 is 1.22. The van der Waals surface area contributed by atoms with Gasteiger partial charge in [0.1, 0.15) is 16.0 Å². The van der Waals surface area contributed by atoms with Crippen LogP contribution >= 0.6 is 23.1 Å². The van der Waals surface area contributed by atoms with Crippen molar-refractivity contribution in [2.75, 3.05) is 5.32 Å². The molecule has 1 aromatic carbocycles. The first-order chi connectivity index (χ1) is 11.3. The molecule has 124 valence electrons. The number of carboxylic acids is 1. The topological polar surface area (TPSA) is 90.2 Å². The van der Waals surface area contributed by atoms with E-state index < -0.39 is 28.6 Å². The Kier molecular flexibility index (Phi) is 5.16. The van der Waals surface area contributed by atoms with Crippen LogP contribution in [0.25, 0.3) is 11.1 Å². The summed E-state index contributed by atoms with van der Waals surface area (Å²) in [6.45, 7) is 0. The van der Waals surface area contributed by atoms with Crippen LogP contribution in [0.5, 0.6) is 0 Å². The molecule has 0 unspecified atom stereocenters. The molecule has 1 amide bonds. The van der Waals surface area contributed by atoms with Gasteiger partial charge in [-0.1, -0.05) is 30.3 Å². The van der Waals surface area contributed by atoms with Crippen LogP contribution in [0.1, 0.15) is 10.4 Å². The Balaban J connectivity index is 2.63. The summed E-state index contributed by atoms with van der Waals surface area (Å²) in [6.07, 6.45) is -5.16. The van der Waals surface area contributed by atoms with Crippen LogP contribution in [-0.2, 0) is 4.79 Å². The van der Waals surface area contributed by atoms with Gasteiger partial charge < -0.3 is 10.4 Å². The number of carboxylic acid groups (broad SMARTS) is 1. The molecule has 10 heteroatoms. The van der Waals surface area contributed by atoms with Gasteiger partial charge in [0, 0.05) is 17.3 Å². The van der Waals surface area contributed by atoms with Crippen LogP contribution < -0.4 is 5.32 Å². The third-order valence-electron chi connectivity index (χ3n) is 2.78. The fraction of sp³-hybridized carbons (Fsp3) is 0.0714. The molecule has 0 fully saturated rings. The molecule has 0 bridgehead atoms. The second-order valence-electron chi connectivity index (χ2n) is 4.29. The van der Waals surface area contributed by atoms with Gasteiger partial charge in [-0.05, 0) is 5.56 Å². The van der Waals surface area contributed by atoms with Crippen molar-refractivity contribution < 1.29 is 27.9 Å². The van der Waals surface area contributed by atoms with E-state index in [9.17, 15) is 27.9 Å². The number of thioether (sulfide) groups is 1. The number of nitriles is 1. The number of aromatic carboxylic acids is 1. The second-order valence-corrected chi connectivity index (χ2v) is 6.36. The Morgan fingerprint density at radius 3 is 2.38 bits per heavy atom. The number of alkyl halides is 3. The zero-order chi connectivity index (χ0) is 17.9. The molecule has 2 N–H and O–H groups in total. The maximum atomic E-state index is 12.4. The lowest BCUT2D eigenvalue weighted by molar-refractivity contribution is -0.167. The van der Waals surface area contributed by atoms with Crippen molar-refractivity contribution in [3.05, 3.63) is 35.9 Å². The van der Waals surface area contributed by atoms with Gasteiger partial charge in [-0.25, -0.2) is 4.79 Å². The number of hydrogen-bond donors (Lipinski definition) is 2. The van der Waals surface area contributed by atoms with E-state index in [0.717, 1.165) is 0 Å². The number of nitrogens with zero attached hydrogens (tertiary/aromatic N) is 1. The third-order valence-corrected chi connectivity index (χ3v) is 4.66. The Bertz CT molecular complexity index is 826. The molecule has 0 aliphatic heterocycles. The first-order valence-electron chi connectivity index (χ1n) is 6.15. The quantitative estimate of drug-likeness (QED) is 0.620. The molecular weight excluding hydrogens is 365 g/mol. The Hall–Kier alpha value is -2.51. The predicted molar refractivity (Wildman–Crippen MR) is 82.9 cm³/mol. The minimum atomic E-state index is -5.16. The van der Waals surface area contributed by atoms with Gasteiger partial charge in [0.15, 0.2) is 0 Å². The van der Waals surface area contributed by atoms with E-state index in [-0.39, 0.29) is 9.77 Å². The molecule has 24 heavy (non-hydrogen) atoms. The number of rotatable bonds is 4. The third kappa shape index (κ3) is 3.69. The molecule has 1 aromatic heterocycles. The van der Waals surface area contributed by atoms with Crippen LogP contribution in [0, 0.1) is 10.7 Å². The summed E-state index contributed by atoms with van der Waals surface area (Å²) in [5, 5.41) is 21.1. The van der Waals surface area contributed by atoms with Crippen molar-refractivity contribution in [1.29, 1.82) is 5.26 Å². The minimum Gasteiger partial charge on any atom is -0.478 e. The van der Waals surface area contributed by atoms with Crippen molar-refractivity contribution in [1.82, 2.24) is 0 Å². The number of halogens is 3. The van der Waals surface area contributed by atoms with E-state index >= 15 is 0 Å². The number of thiophene rings is 1. The standard InChI is InChI=1S/C14H7F3N2O3S2/c15-14(16,17)13(22)19-10-9(11(20)21)8(12(24-10)23-6-18)7-4-2-1-3-5-7/h1-5H,(H,19,22)(H,20,21). The average Bonchev–Trinajstić information content (AvgIpc) is 2.86. The van der Waals surface area contributed by atoms with Crippen LogP contribution in [0.15, 0.2) is 34.5 Å². The van der Waals surface area contributed by atoms with Crippen LogP contribution in [-0.4, -0.2) is 23.2 Å². The predicted octanol–water partition coefficient (Wildman–Crippen LogP) is 4.19. The van der Waals surface area contributed by atoms with E-state index in [0.29, 0.717) is 28.7 Å². The molecule has 0 saturated carbocycles. The van der Waals surface area contributed by atoms with Crippen LogP contribution in [0.3, 0.4) is 0 Å². The Morgan fingerprint density at radius 2 is 1.88 bits per heavy atom. The van der Waals surface area contributed by atoms with Gasteiger partial charge in [-0.3, -0.25) is 4.79 Å². The van der Waals surface area contributed by atoms with E-state index in [1.807, 2.05) is 0 Å². The zero-order valence-corrected chi connectivity index (χ0v) is 13.2. The molecule has 5 nitrogen and oxygen atoms in total. The molecule has 0 radical (unpaired) electrons. The lowest BCUT2D eigenvalue weighted by Gasteiger charge is -2.08. The largest absolute Gasteiger partial charge is 0.478 e. The molecule has 1 heterocycles. The van der Waals surface area contributed by atoms with E-state index in [4.69, 9.17) is 5.26 Å². The van der Waals surface area contributed by atoms with Gasteiger partial charge in [0.2, 0.25) is 0 Å². The first-order valence-corrected chi connectivity index (χ1v) is 7.78. The average molecular weight is 372 g/mol. The molecule has 2 rings (SSSR count). The molecular formula is C14H7F3N2O3S2. The Labute approximate surface area is 141 Å². The number of carbonyl (C=O) groups excluding carboxylic acids is 1. The Morgan fingerprint density at radius 1 is 1.25 bits per heavy atom. The lowest BCUT2D eigenvalue weighted by Crippen LogP contribution is -2.30. The lowest BCUT2D eigenvalue weighted by atomic mass is 10.0. The maximum absolute atomic E-state index is 12.4. The summed E-state index contributed by atoms with van der Waals surface area (Å²) < 4.78 is 37.5. The van der Waals surface area contributed by atoms with E-state index in [1.165, 1.54) is 0 Å². The van der Waals surface area contributed by atoms with Crippen molar-refractivity contribution in [3.8, 4) is 16.5 Å². The van der Waals surface area contributed by atoms with Crippen molar-refractivity contribution in [3.63, 3.8) is 0 Å². The fourth-order valence-corrected chi connectivity index (χ4v) is 3.73. The molecule has 0 spiro atoms. The number of anilines is 1. The molecule has 2 aromatic rings. The van der Waals surface area contributed by atoms with Crippen molar-refractivity contribution in [2.24, 2.45) is 0 Å². The van der Waals surface area contributed by atoms with E-state index in [2.05, 4.69) is 0 Å². The van der Waals surface area contributed by atoms with Gasteiger partial charge in [0.05, 0.1) is 4.21 Å². The second kappa shape index (κ2) is 6.94. The minimum absolute atomic E-state index is 0.0946. The van der Waals surface area contributed by atoms with Gasteiger partial charge in [-0.2, -0.15) is 18.4 Å². The van der Waals surface area contributed by atoms with E-state index in [1.54, 1.807) is 41.0 Å². The monoisotopic (exact) mass is 372 g/mol. The summed E-state index contributed by atoms with van der Waals surface area (Å²) in [5.74, 6) is -3.79. The maximum Gasteiger partial charge on any atom is 0.471 e. The van der Waals surface area contributed by atoms with Gasteiger partial charge >= 0.3 is 18.1 Å². The number of amides is 1. The number of carbonyl (C=O) groups is 2. The fourth-order valence-electron chi connectivity index (χ4n) is 1.86. The highest BCUT2D eigenvalue weighted by atomic mass is 32.2. The van der Waals surface area contributed by atoms with Crippen LogP contribution in [0.4, 0.5) is 18.2 Å². The summed E-state index contributed by atoms with van der Waals surface area (Å²) in [6, 6.07) is 8.04. The summed E-state index contributed by atoms with van der Waals surface area (Å²) in [5.41, 5.74) is 0.0232. The molecule has 0 aliphatic carbocycles. The van der Waals surface area contributed by atoms with Gasteiger partial charge in [-0.15, -0.1) is 11.3 Å². The van der Waals surface area contributed by atoms with Crippen molar-refractivity contribution in [2.45, 2.75) is 10.4 Å². The highest BCUT2D eigenvalue weighted by molar-refractivity contribution is 8.05. The van der Waals surface area contributed by atoms with Crippen LogP contribution in [0.2, 0.25) is 0 Å². The number of nitrogens with one attached hydrogen (secondary N) is 1. The number of benzene rings is 1. The smallest absolute Gasteiger partial charge is 0.471 e. The molecule has 0 aliphatic rings. The molecule has 0 saturated heterocycles. The normalized spacial score (nSPS) is 10.9. The number of thiocyanates is 1. The van der Waals surface area contributed by atoms with Gasteiger partial charge in [0.25, 0.3) is 0 Å². The summed E-state index contributed by atoms with van der Waals surface area (Å²) in [4.78, 5) is 22.7. The highest BCUT2D eigenvalue weighted by Crippen LogP contribution is 2.45. The highest BCUT2D eigenvalue weighted by Gasteiger charge is 2.40. The molecule has 0 atom stereocenters. The number of hydrogen-bond acceptors (Lipinski definition) is 5. The van der Waals surface area contributed by atoms with Crippen molar-refractivity contribution >= 4 is 40.0 Å². The SMILES string of the molecule is N#CSc1sc(NC(=O)C(F)(F)F)c(C(=O)O)c1-c1ccccc1.